The van der Waals surface area contributed by atoms with Crippen LogP contribution in [0, 0.1) is 11.6 Å². The summed E-state index contributed by atoms with van der Waals surface area (Å²) in [5.41, 5.74) is 0.131. The molecule has 0 fully saturated rings. The lowest BCUT2D eigenvalue weighted by Crippen LogP contribution is -2.23. The maximum absolute atomic E-state index is 13.6. The maximum Gasteiger partial charge on any atom is 0.130 e. The van der Waals surface area contributed by atoms with Crippen molar-refractivity contribution in [2.75, 3.05) is 12.8 Å². The van der Waals surface area contributed by atoms with Gasteiger partial charge in [0.05, 0.1) is 0 Å². The molecular weight excluding hydrogens is 240 g/mol. The molecule has 0 bridgehead atoms. The molecule has 0 spiro atoms. The van der Waals surface area contributed by atoms with E-state index in [2.05, 4.69) is 26.1 Å². The molecule has 0 saturated heterocycles. The molecule has 0 aliphatic heterocycles. The minimum absolute atomic E-state index is 0.0802. The van der Waals surface area contributed by atoms with Crippen LogP contribution in [0.1, 0.15) is 32.4 Å². The fourth-order valence-electron chi connectivity index (χ4n) is 1.49. The summed E-state index contributed by atoms with van der Waals surface area (Å²) in [6.07, 6.45) is 0. The number of halogens is 2. The van der Waals surface area contributed by atoms with E-state index < -0.39 is 11.6 Å². The van der Waals surface area contributed by atoms with E-state index in [9.17, 15) is 8.78 Å². The van der Waals surface area contributed by atoms with Crippen molar-refractivity contribution < 1.29 is 8.78 Å². The number of thioether (sulfide) groups is 1. The minimum Gasteiger partial charge on any atom is -0.312 e. The van der Waals surface area contributed by atoms with Crippen molar-refractivity contribution in [2.24, 2.45) is 0 Å². The third kappa shape index (κ3) is 4.28. The van der Waals surface area contributed by atoms with Crippen molar-refractivity contribution in [3.8, 4) is 0 Å². The molecule has 0 aliphatic carbocycles. The van der Waals surface area contributed by atoms with E-state index in [1.807, 2.05) is 0 Å². The summed E-state index contributed by atoms with van der Waals surface area (Å²) in [4.78, 5) is 0. The van der Waals surface area contributed by atoms with Crippen molar-refractivity contribution in [1.29, 1.82) is 0 Å². The van der Waals surface area contributed by atoms with E-state index >= 15 is 0 Å². The van der Waals surface area contributed by atoms with Gasteiger partial charge in [0.2, 0.25) is 0 Å². The zero-order valence-corrected chi connectivity index (χ0v) is 11.5. The van der Waals surface area contributed by atoms with Crippen LogP contribution in [0.2, 0.25) is 0 Å². The van der Waals surface area contributed by atoms with Crippen LogP contribution in [-0.4, -0.2) is 17.5 Å². The SMILES string of the molecule is CNC(CSC(C)(C)C)c1c(F)cccc1F. The summed E-state index contributed by atoms with van der Waals surface area (Å²) >= 11 is 1.68. The normalized spacial score (nSPS) is 13.8. The van der Waals surface area contributed by atoms with Crippen molar-refractivity contribution in [1.82, 2.24) is 5.32 Å². The van der Waals surface area contributed by atoms with Gasteiger partial charge in [-0.1, -0.05) is 26.8 Å². The molecule has 4 heteroatoms. The second-order valence-corrected chi connectivity index (χ2v) is 6.75. The van der Waals surface area contributed by atoms with Crippen molar-refractivity contribution in [3.63, 3.8) is 0 Å². The number of hydrogen-bond donors (Lipinski definition) is 1. The Hall–Kier alpha value is -0.610. The second kappa shape index (κ2) is 5.83. The highest BCUT2D eigenvalue weighted by molar-refractivity contribution is 8.00. The topological polar surface area (TPSA) is 12.0 Å². The first kappa shape index (κ1) is 14.5. The summed E-state index contributed by atoms with van der Waals surface area (Å²) in [6.45, 7) is 6.26. The van der Waals surface area contributed by atoms with Gasteiger partial charge in [0.15, 0.2) is 0 Å². The molecule has 96 valence electrons. The fraction of sp³-hybridized carbons (Fsp3) is 0.538. The van der Waals surface area contributed by atoms with Crippen LogP contribution < -0.4 is 5.32 Å². The smallest absolute Gasteiger partial charge is 0.130 e. The molecular formula is C13H19F2NS. The average molecular weight is 259 g/mol. The predicted octanol–water partition coefficient (Wildman–Crippen LogP) is 3.76. The van der Waals surface area contributed by atoms with Gasteiger partial charge in [-0.2, -0.15) is 11.8 Å². The minimum atomic E-state index is -0.487. The monoisotopic (exact) mass is 259 g/mol. The van der Waals surface area contributed by atoms with E-state index in [1.54, 1.807) is 18.8 Å². The summed E-state index contributed by atoms with van der Waals surface area (Å²) in [5, 5.41) is 2.97. The zero-order valence-electron chi connectivity index (χ0n) is 10.7. The van der Waals surface area contributed by atoms with Crippen LogP contribution >= 0.6 is 11.8 Å². The van der Waals surface area contributed by atoms with Crippen LogP contribution in [0.15, 0.2) is 18.2 Å². The van der Waals surface area contributed by atoms with Crippen molar-refractivity contribution in [3.05, 3.63) is 35.4 Å². The molecule has 1 aromatic carbocycles. The lowest BCUT2D eigenvalue weighted by Gasteiger charge is -2.23. The van der Waals surface area contributed by atoms with Gasteiger partial charge in [-0.15, -0.1) is 0 Å². The summed E-state index contributed by atoms with van der Waals surface area (Å²) in [6, 6.07) is 3.67. The van der Waals surface area contributed by atoms with E-state index in [1.165, 1.54) is 18.2 Å². The van der Waals surface area contributed by atoms with Crippen LogP contribution in [0.5, 0.6) is 0 Å². The molecule has 0 amide bonds. The Morgan fingerprint density at radius 3 is 2.18 bits per heavy atom. The van der Waals surface area contributed by atoms with E-state index in [-0.39, 0.29) is 16.4 Å². The van der Waals surface area contributed by atoms with Crippen LogP contribution in [0.25, 0.3) is 0 Å². The number of rotatable bonds is 4. The maximum atomic E-state index is 13.6. The van der Waals surface area contributed by atoms with Crippen LogP contribution in [0.4, 0.5) is 8.78 Å². The predicted molar refractivity (Wildman–Crippen MR) is 70.4 cm³/mol. The highest BCUT2D eigenvalue weighted by atomic mass is 32.2. The lowest BCUT2D eigenvalue weighted by atomic mass is 10.1. The standard InChI is InChI=1S/C13H19F2NS/c1-13(2,3)17-8-11(16-4)12-9(14)6-5-7-10(12)15/h5-7,11,16H,8H2,1-4H3. The van der Waals surface area contributed by atoms with Gasteiger partial charge in [0, 0.05) is 22.1 Å². The highest BCUT2D eigenvalue weighted by Gasteiger charge is 2.21. The summed E-state index contributed by atoms with van der Waals surface area (Å²) in [7, 11) is 1.72. The van der Waals surface area contributed by atoms with E-state index in [0.717, 1.165) is 0 Å². The molecule has 0 aliphatic rings. The van der Waals surface area contributed by atoms with Gasteiger partial charge in [-0.3, -0.25) is 0 Å². The average Bonchev–Trinajstić information content (AvgIpc) is 2.21. The molecule has 0 saturated carbocycles. The summed E-state index contributed by atoms with van der Waals surface area (Å²) in [5.74, 6) is -0.338. The van der Waals surface area contributed by atoms with Crippen molar-refractivity contribution >= 4 is 11.8 Å². The molecule has 0 aromatic heterocycles. The van der Waals surface area contributed by atoms with Crippen LogP contribution in [-0.2, 0) is 0 Å². The second-order valence-electron chi connectivity index (χ2n) is 4.90. The largest absolute Gasteiger partial charge is 0.312 e. The van der Waals surface area contributed by atoms with E-state index in [0.29, 0.717) is 5.75 Å². The Bertz CT molecular complexity index is 354. The molecule has 1 aromatic rings. The van der Waals surface area contributed by atoms with Gasteiger partial charge in [0.1, 0.15) is 11.6 Å². The first-order valence-corrected chi connectivity index (χ1v) is 6.59. The number of hydrogen-bond acceptors (Lipinski definition) is 2. The quantitative estimate of drug-likeness (QED) is 0.883. The Morgan fingerprint density at radius 1 is 1.24 bits per heavy atom. The lowest BCUT2D eigenvalue weighted by molar-refractivity contribution is 0.512. The third-order valence-electron chi connectivity index (χ3n) is 2.38. The first-order chi connectivity index (χ1) is 7.85. The molecule has 17 heavy (non-hydrogen) atoms. The Kier molecular flexibility index (Phi) is 4.95. The molecule has 1 unspecified atom stereocenters. The molecule has 1 rings (SSSR count). The molecule has 0 heterocycles. The molecule has 1 atom stereocenters. The van der Waals surface area contributed by atoms with Crippen LogP contribution in [0.3, 0.4) is 0 Å². The van der Waals surface area contributed by atoms with Crippen molar-refractivity contribution in [2.45, 2.75) is 31.6 Å². The molecule has 1 N–H and O–H groups in total. The fourth-order valence-corrected chi connectivity index (χ4v) is 2.49. The molecule has 0 radical (unpaired) electrons. The van der Waals surface area contributed by atoms with Gasteiger partial charge in [-0.05, 0) is 19.2 Å². The Morgan fingerprint density at radius 2 is 1.76 bits per heavy atom. The highest BCUT2D eigenvalue weighted by Crippen LogP contribution is 2.30. The molecule has 1 nitrogen and oxygen atoms in total. The van der Waals surface area contributed by atoms with E-state index in [4.69, 9.17) is 0 Å². The zero-order chi connectivity index (χ0) is 13.1. The Labute approximate surface area is 106 Å². The summed E-state index contributed by atoms with van der Waals surface area (Å²) < 4.78 is 27.3. The first-order valence-electron chi connectivity index (χ1n) is 5.60. The Balaban J connectivity index is 2.87. The third-order valence-corrected chi connectivity index (χ3v) is 3.75. The van der Waals surface area contributed by atoms with Gasteiger partial charge < -0.3 is 5.32 Å². The van der Waals surface area contributed by atoms with Gasteiger partial charge in [0.25, 0.3) is 0 Å². The number of nitrogens with one attached hydrogen (secondary N) is 1. The van der Waals surface area contributed by atoms with Gasteiger partial charge >= 0.3 is 0 Å². The number of benzene rings is 1. The van der Waals surface area contributed by atoms with Gasteiger partial charge in [-0.25, -0.2) is 8.78 Å².